The van der Waals surface area contributed by atoms with Gasteiger partial charge in [-0.3, -0.25) is 9.59 Å². The molecule has 25 heavy (non-hydrogen) atoms. The SMILES string of the molecule is Cc1sc(-c2ccc(Cl)cc2)cc1C1C(=O)[C@@H]2[C@H](C1=O)[C@@H]1CC[C@H]2O1. The van der Waals surface area contributed by atoms with E-state index in [1.807, 2.05) is 37.3 Å². The van der Waals surface area contributed by atoms with Crippen LogP contribution in [0.25, 0.3) is 10.4 Å². The second kappa shape index (κ2) is 5.50. The first kappa shape index (κ1) is 15.7. The minimum absolute atomic E-state index is 0.0360. The summed E-state index contributed by atoms with van der Waals surface area (Å²) in [5, 5.41) is 0.696. The molecule has 5 rings (SSSR count). The van der Waals surface area contributed by atoms with Crippen LogP contribution >= 0.6 is 22.9 Å². The molecule has 0 N–H and O–H groups in total. The fourth-order valence-corrected chi connectivity index (χ4v) is 5.96. The van der Waals surface area contributed by atoms with Gasteiger partial charge in [0.1, 0.15) is 5.92 Å². The highest BCUT2D eigenvalue weighted by atomic mass is 35.5. The zero-order chi connectivity index (χ0) is 17.3. The molecule has 2 bridgehead atoms. The number of ketones is 2. The molecule has 2 aromatic rings. The average Bonchev–Trinajstić information content (AvgIpc) is 3.33. The molecule has 5 heteroatoms. The van der Waals surface area contributed by atoms with E-state index in [2.05, 4.69) is 0 Å². The quantitative estimate of drug-likeness (QED) is 0.733. The average molecular weight is 373 g/mol. The molecule has 2 saturated heterocycles. The van der Waals surface area contributed by atoms with Gasteiger partial charge in [0.25, 0.3) is 0 Å². The van der Waals surface area contributed by atoms with Crippen LogP contribution in [0, 0.1) is 18.8 Å². The fourth-order valence-electron chi connectivity index (χ4n) is 4.77. The van der Waals surface area contributed by atoms with Gasteiger partial charge < -0.3 is 4.74 Å². The van der Waals surface area contributed by atoms with Gasteiger partial charge in [-0.2, -0.15) is 0 Å². The van der Waals surface area contributed by atoms with Crippen LogP contribution in [0.2, 0.25) is 5.02 Å². The molecular formula is C20H17ClO3S. The number of carbonyl (C=O) groups excluding carboxylic acids is 2. The first-order chi connectivity index (χ1) is 12.0. The van der Waals surface area contributed by atoms with Gasteiger partial charge in [0.15, 0.2) is 11.6 Å². The minimum atomic E-state index is -0.598. The molecule has 0 spiro atoms. The van der Waals surface area contributed by atoms with Crippen molar-refractivity contribution in [2.45, 2.75) is 37.9 Å². The summed E-state index contributed by atoms with van der Waals surface area (Å²) in [5.41, 5.74) is 1.95. The Morgan fingerprint density at radius 2 is 1.64 bits per heavy atom. The summed E-state index contributed by atoms with van der Waals surface area (Å²) < 4.78 is 5.83. The number of Topliss-reactive ketones (excluding diaryl/α,β-unsaturated/α-hetero) is 2. The van der Waals surface area contributed by atoms with E-state index in [-0.39, 0.29) is 35.6 Å². The van der Waals surface area contributed by atoms with Crippen LogP contribution in [0.4, 0.5) is 0 Å². The highest BCUT2D eigenvalue weighted by Crippen LogP contribution is 2.53. The highest BCUT2D eigenvalue weighted by Gasteiger charge is 2.63. The lowest BCUT2D eigenvalue weighted by molar-refractivity contribution is -0.127. The van der Waals surface area contributed by atoms with Gasteiger partial charge in [-0.05, 0) is 49.1 Å². The largest absolute Gasteiger partial charge is 0.373 e. The Kier molecular flexibility index (Phi) is 3.46. The summed E-state index contributed by atoms with van der Waals surface area (Å²) in [5.74, 6) is -0.875. The molecule has 1 aromatic carbocycles. The molecule has 1 aliphatic carbocycles. The van der Waals surface area contributed by atoms with E-state index in [9.17, 15) is 9.59 Å². The summed E-state index contributed by atoms with van der Waals surface area (Å²) in [7, 11) is 0. The number of hydrogen-bond donors (Lipinski definition) is 0. The van der Waals surface area contributed by atoms with Crippen molar-refractivity contribution in [3.63, 3.8) is 0 Å². The first-order valence-electron chi connectivity index (χ1n) is 8.64. The molecule has 0 radical (unpaired) electrons. The van der Waals surface area contributed by atoms with Crippen LogP contribution in [0.5, 0.6) is 0 Å². The number of aryl methyl sites for hydroxylation is 1. The van der Waals surface area contributed by atoms with Crippen LogP contribution in [0.1, 0.15) is 29.2 Å². The number of halogens is 1. The van der Waals surface area contributed by atoms with Crippen LogP contribution in [0.15, 0.2) is 30.3 Å². The van der Waals surface area contributed by atoms with E-state index in [1.54, 1.807) is 11.3 Å². The fraction of sp³-hybridized carbons (Fsp3) is 0.400. The number of ether oxygens (including phenoxy) is 1. The smallest absolute Gasteiger partial charge is 0.154 e. The van der Waals surface area contributed by atoms with Gasteiger partial charge in [0.05, 0.1) is 24.0 Å². The Morgan fingerprint density at radius 3 is 2.24 bits per heavy atom. The van der Waals surface area contributed by atoms with Gasteiger partial charge in [0, 0.05) is 14.8 Å². The lowest BCUT2D eigenvalue weighted by Crippen LogP contribution is -2.29. The monoisotopic (exact) mass is 372 g/mol. The number of benzene rings is 1. The number of hydrogen-bond acceptors (Lipinski definition) is 4. The van der Waals surface area contributed by atoms with Gasteiger partial charge in [-0.1, -0.05) is 23.7 Å². The Hall–Kier alpha value is -1.49. The standard InChI is InChI=1S/C20H17ClO3S/c1-9-12(8-15(25-9)10-2-4-11(21)5-3-10)16-19(22)17-13-6-7-14(24-13)18(17)20(16)23/h2-5,8,13-14,16-18H,6-7H2,1H3/t13-,14+,16?,17+,18-. The molecule has 0 amide bonds. The van der Waals surface area contributed by atoms with E-state index in [1.165, 1.54) is 0 Å². The second-order valence-corrected chi connectivity index (χ2v) is 8.90. The van der Waals surface area contributed by atoms with Crippen molar-refractivity contribution >= 4 is 34.5 Å². The van der Waals surface area contributed by atoms with E-state index in [0.29, 0.717) is 5.02 Å². The predicted octanol–water partition coefficient (Wildman–Crippen LogP) is 4.41. The van der Waals surface area contributed by atoms with Crippen molar-refractivity contribution in [3.05, 3.63) is 45.8 Å². The maximum atomic E-state index is 13.0. The number of fused-ring (bicyclic) bond motifs is 5. The van der Waals surface area contributed by atoms with E-state index in [4.69, 9.17) is 16.3 Å². The Bertz CT molecular complexity index is 857. The number of rotatable bonds is 2. The lowest BCUT2D eigenvalue weighted by Gasteiger charge is -2.16. The van der Waals surface area contributed by atoms with Gasteiger partial charge in [0.2, 0.25) is 0 Å². The third-order valence-electron chi connectivity index (χ3n) is 5.90. The van der Waals surface area contributed by atoms with Crippen LogP contribution in [-0.4, -0.2) is 23.8 Å². The third-order valence-corrected chi connectivity index (χ3v) is 7.26. The second-order valence-electron chi connectivity index (χ2n) is 7.21. The molecule has 3 fully saturated rings. The van der Waals surface area contributed by atoms with E-state index in [0.717, 1.165) is 33.7 Å². The summed E-state index contributed by atoms with van der Waals surface area (Å²) in [6, 6.07) is 9.68. The molecule has 5 atom stereocenters. The van der Waals surface area contributed by atoms with Crippen molar-refractivity contribution in [1.82, 2.24) is 0 Å². The maximum Gasteiger partial charge on any atom is 0.154 e. The molecule has 1 aromatic heterocycles. The number of thiophene rings is 1. The van der Waals surface area contributed by atoms with Crippen LogP contribution in [0.3, 0.4) is 0 Å². The highest BCUT2D eigenvalue weighted by molar-refractivity contribution is 7.15. The summed E-state index contributed by atoms with van der Waals surface area (Å²) in [4.78, 5) is 28.1. The first-order valence-corrected chi connectivity index (χ1v) is 9.83. The summed E-state index contributed by atoms with van der Waals surface area (Å²) >= 11 is 7.60. The molecule has 2 aliphatic heterocycles. The normalized spacial score (nSPS) is 33.3. The lowest BCUT2D eigenvalue weighted by atomic mass is 9.81. The van der Waals surface area contributed by atoms with E-state index < -0.39 is 5.92 Å². The molecule has 3 aliphatic rings. The van der Waals surface area contributed by atoms with Crippen LogP contribution in [-0.2, 0) is 14.3 Å². The Morgan fingerprint density at radius 1 is 1.04 bits per heavy atom. The minimum Gasteiger partial charge on any atom is -0.373 e. The predicted molar refractivity (Wildman–Crippen MR) is 97.1 cm³/mol. The zero-order valence-corrected chi connectivity index (χ0v) is 15.3. The molecule has 3 heterocycles. The topological polar surface area (TPSA) is 43.4 Å². The van der Waals surface area contributed by atoms with Crippen molar-refractivity contribution < 1.29 is 14.3 Å². The Balaban J connectivity index is 1.53. The van der Waals surface area contributed by atoms with Crippen LogP contribution < -0.4 is 0 Å². The number of carbonyl (C=O) groups is 2. The molecule has 1 saturated carbocycles. The Labute approximate surface area is 155 Å². The van der Waals surface area contributed by atoms with Crippen molar-refractivity contribution in [2.24, 2.45) is 11.8 Å². The van der Waals surface area contributed by atoms with Gasteiger partial charge in [-0.25, -0.2) is 0 Å². The molecule has 3 nitrogen and oxygen atoms in total. The molecule has 128 valence electrons. The van der Waals surface area contributed by atoms with E-state index >= 15 is 0 Å². The zero-order valence-electron chi connectivity index (χ0n) is 13.7. The third kappa shape index (κ3) is 2.21. The summed E-state index contributed by atoms with van der Waals surface area (Å²) in [6.07, 6.45) is 1.75. The van der Waals surface area contributed by atoms with Crippen molar-refractivity contribution in [1.29, 1.82) is 0 Å². The van der Waals surface area contributed by atoms with Crippen molar-refractivity contribution in [2.75, 3.05) is 0 Å². The molecule has 1 unspecified atom stereocenters. The van der Waals surface area contributed by atoms with Crippen molar-refractivity contribution in [3.8, 4) is 10.4 Å². The molecular weight excluding hydrogens is 356 g/mol. The van der Waals surface area contributed by atoms with Gasteiger partial charge >= 0.3 is 0 Å². The summed E-state index contributed by atoms with van der Waals surface area (Å²) in [6.45, 7) is 2.00. The maximum absolute atomic E-state index is 13.0. The van der Waals surface area contributed by atoms with Gasteiger partial charge in [-0.15, -0.1) is 11.3 Å².